The largest absolute Gasteiger partial charge is 0.318 e. The van der Waals surface area contributed by atoms with Crippen LogP contribution in [-0.4, -0.2) is 35.6 Å². The van der Waals surface area contributed by atoms with E-state index in [1.54, 1.807) is 11.2 Å². The smallest absolute Gasteiger partial charge is 0.268 e. The molecule has 2 aromatic carbocycles. The molecule has 1 atom stereocenters. The van der Waals surface area contributed by atoms with E-state index < -0.39 is 6.04 Å². The number of nitrogens with zero attached hydrogens (tertiary/aromatic N) is 3. The Morgan fingerprint density at radius 2 is 1.72 bits per heavy atom. The van der Waals surface area contributed by atoms with E-state index in [0.29, 0.717) is 5.92 Å². The number of amides is 1. The third kappa shape index (κ3) is 3.38. The van der Waals surface area contributed by atoms with Crippen molar-refractivity contribution in [3.63, 3.8) is 0 Å². The number of carbonyl (C=O) groups is 1. The van der Waals surface area contributed by atoms with Crippen molar-refractivity contribution in [2.75, 3.05) is 12.1 Å². The van der Waals surface area contributed by atoms with Crippen molar-refractivity contribution >= 4 is 23.5 Å². The van der Waals surface area contributed by atoms with Gasteiger partial charge in [0.05, 0.1) is 0 Å². The Hall–Kier alpha value is -2.75. The molecule has 1 heterocycles. The third-order valence-electron chi connectivity index (χ3n) is 4.63. The Bertz CT molecular complexity index is 820. The quantitative estimate of drug-likeness (QED) is 0.621. The van der Waals surface area contributed by atoms with Crippen LogP contribution >= 0.6 is 0 Å². The highest BCUT2D eigenvalue weighted by atomic mass is 16.2. The van der Waals surface area contributed by atoms with Crippen molar-refractivity contribution in [1.29, 1.82) is 0 Å². The van der Waals surface area contributed by atoms with Crippen LogP contribution in [0.5, 0.6) is 0 Å². The van der Waals surface area contributed by atoms with Gasteiger partial charge in [0.2, 0.25) is 11.8 Å². The molecule has 4 nitrogen and oxygen atoms in total. The van der Waals surface area contributed by atoms with E-state index in [4.69, 9.17) is 0 Å². The fraction of sp³-hybridized carbons (Fsp3) is 0.286. The molecule has 25 heavy (non-hydrogen) atoms. The van der Waals surface area contributed by atoms with Gasteiger partial charge in [-0.3, -0.25) is 9.79 Å². The first kappa shape index (κ1) is 17.1. The summed E-state index contributed by atoms with van der Waals surface area (Å²) in [6.45, 7) is 6.30. The minimum Gasteiger partial charge on any atom is -0.268 e. The molecule has 0 radical (unpaired) electrons. The first-order valence-electron chi connectivity index (χ1n) is 8.58. The van der Waals surface area contributed by atoms with Crippen molar-refractivity contribution in [3.05, 3.63) is 65.7 Å². The van der Waals surface area contributed by atoms with Gasteiger partial charge in [0.1, 0.15) is 5.69 Å². The van der Waals surface area contributed by atoms with Crippen molar-refractivity contribution in [1.82, 2.24) is 0 Å². The van der Waals surface area contributed by atoms with Crippen molar-refractivity contribution in [2.24, 2.45) is 4.99 Å². The van der Waals surface area contributed by atoms with Crippen LogP contribution < -0.4 is 5.01 Å². The van der Waals surface area contributed by atoms with E-state index in [0.717, 1.165) is 17.0 Å². The lowest BCUT2D eigenvalue weighted by Crippen LogP contribution is -2.35. The molecule has 3 rings (SSSR count). The van der Waals surface area contributed by atoms with Gasteiger partial charge in [0.15, 0.2) is 7.05 Å². The lowest BCUT2D eigenvalue weighted by atomic mass is 10.0. The van der Waals surface area contributed by atoms with Crippen molar-refractivity contribution in [3.8, 4) is 0 Å². The summed E-state index contributed by atoms with van der Waals surface area (Å²) < 4.78 is 1.88. The zero-order valence-corrected chi connectivity index (χ0v) is 15.2. The second-order valence-electron chi connectivity index (χ2n) is 6.65. The number of carbonyl (C=O) groups excluding carboxylic acids is 1. The van der Waals surface area contributed by atoms with Crippen LogP contribution in [0.15, 0.2) is 59.6 Å². The second kappa shape index (κ2) is 7.01. The fourth-order valence-electron chi connectivity index (χ4n) is 2.95. The van der Waals surface area contributed by atoms with E-state index in [1.807, 2.05) is 61.1 Å². The van der Waals surface area contributed by atoms with Crippen LogP contribution in [0.1, 0.15) is 37.8 Å². The standard InChI is InChI=1S/C21H24N3O/c1-15(2)18-12-10-17(11-13-18)14-22-20-16(3)23(4)24(21(20)25)19-8-6-5-7-9-19/h5-15,20H,1-4H3/q+1. The van der Waals surface area contributed by atoms with Crippen LogP contribution in [0.4, 0.5) is 5.69 Å². The summed E-state index contributed by atoms with van der Waals surface area (Å²) in [6.07, 6.45) is 1.79. The Morgan fingerprint density at radius 3 is 2.32 bits per heavy atom. The number of aliphatic imine (C=N–C) groups is 1. The number of hydrogen-bond donors (Lipinski definition) is 0. The third-order valence-corrected chi connectivity index (χ3v) is 4.63. The summed E-state index contributed by atoms with van der Waals surface area (Å²) in [5, 5.41) is 1.68. The number of anilines is 1. The number of para-hydroxylation sites is 1. The summed E-state index contributed by atoms with van der Waals surface area (Å²) in [5.41, 5.74) is 4.08. The summed E-state index contributed by atoms with van der Waals surface area (Å²) in [5.74, 6) is 0.479. The van der Waals surface area contributed by atoms with Gasteiger partial charge in [-0.2, -0.15) is 0 Å². The van der Waals surface area contributed by atoms with Gasteiger partial charge in [-0.15, -0.1) is 4.68 Å². The van der Waals surface area contributed by atoms with Crippen LogP contribution in [0.2, 0.25) is 0 Å². The molecule has 1 aliphatic rings. The summed E-state index contributed by atoms with van der Waals surface area (Å²) in [6, 6.07) is 17.5. The minimum atomic E-state index is -0.477. The first-order chi connectivity index (χ1) is 12.0. The lowest BCUT2D eigenvalue weighted by Gasteiger charge is -2.10. The first-order valence-corrected chi connectivity index (χ1v) is 8.58. The summed E-state index contributed by atoms with van der Waals surface area (Å²) in [4.78, 5) is 17.4. The van der Waals surface area contributed by atoms with Crippen molar-refractivity contribution < 1.29 is 9.48 Å². The molecule has 2 aromatic rings. The Balaban J connectivity index is 1.82. The average molecular weight is 334 g/mol. The molecule has 1 unspecified atom stereocenters. The highest BCUT2D eigenvalue weighted by Gasteiger charge is 2.44. The maximum absolute atomic E-state index is 12.8. The van der Waals surface area contributed by atoms with Gasteiger partial charge in [-0.05, 0) is 29.2 Å². The molecule has 0 saturated heterocycles. The molecule has 0 bridgehead atoms. The number of rotatable bonds is 4. The van der Waals surface area contributed by atoms with Crippen LogP contribution in [0.3, 0.4) is 0 Å². The predicted octanol–water partition coefficient (Wildman–Crippen LogP) is 3.66. The molecule has 4 heteroatoms. The molecule has 0 aliphatic carbocycles. The molecule has 128 valence electrons. The van der Waals surface area contributed by atoms with Gasteiger partial charge >= 0.3 is 5.91 Å². The van der Waals surface area contributed by atoms with Gasteiger partial charge in [-0.25, -0.2) is 0 Å². The number of hydrazine groups is 1. The Labute approximate surface area is 149 Å². The topological polar surface area (TPSA) is 35.7 Å². The molecular weight excluding hydrogens is 310 g/mol. The van der Waals surface area contributed by atoms with Crippen LogP contribution in [-0.2, 0) is 4.79 Å². The van der Waals surface area contributed by atoms with Crippen LogP contribution in [0.25, 0.3) is 0 Å². The number of benzene rings is 2. The molecule has 1 amide bonds. The molecular formula is C21H24N3O+. The fourth-order valence-corrected chi connectivity index (χ4v) is 2.95. The highest BCUT2D eigenvalue weighted by Crippen LogP contribution is 2.21. The Kier molecular flexibility index (Phi) is 4.79. The van der Waals surface area contributed by atoms with Crippen LogP contribution in [0, 0.1) is 0 Å². The van der Waals surface area contributed by atoms with E-state index in [1.165, 1.54) is 5.56 Å². The van der Waals surface area contributed by atoms with Gasteiger partial charge in [0.25, 0.3) is 0 Å². The van der Waals surface area contributed by atoms with E-state index in [2.05, 4.69) is 31.0 Å². The highest BCUT2D eigenvalue weighted by molar-refractivity contribution is 6.15. The maximum Gasteiger partial charge on any atom is 0.318 e. The zero-order chi connectivity index (χ0) is 18.0. The van der Waals surface area contributed by atoms with Gasteiger partial charge in [0, 0.05) is 13.1 Å². The Morgan fingerprint density at radius 1 is 1.08 bits per heavy atom. The number of hydrazone groups is 1. The van der Waals surface area contributed by atoms with E-state index >= 15 is 0 Å². The van der Waals surface area contributed by atoms with Crippen molar-refractivity contribution in [2.45, 2.75) is 32.7 Å². The summed E-state index contributed by atoms with van der Waals surface area (Å²) >= 11 is 0. The molecule has 0 aromatic heterocycles. The lowest BCUT2D eigenvalue weighted by molar-refractivity contribution is -0.495. The zero-order valence-electron chi connectivity index (χ0n) is 15.2. The molecule has 0 saturated carbocycles. The number of hydrogen-bond acceptors (Lipinski definition) is 2. The van der Waals surface area contributed by atoms with E-state index in [9.17, 15) is 4.79 Å². The SMILES string of the molecule is CC1=[N+](C)N(c2ccccc2)C(=O)C1N=Cc1ccc(C(C)C)cc1. The monoisotopic (exact) mass is 334 g/mol. The molecule has 0 fully saturated rings. The molecule has 0 N–H and O–H groups in total. The van der Waals surface area contributed by atoms with E-state index in [-0.39, 0.29) is 5.91 Å². The predicted molar refractivity (Wildman–Crippen MR) is 103 cm³/mol. The average Bonchev–Trinajstić information content (AvgIpc) is 2.83. The maximum atomic E-state index is 12.8. The normalized spacial score (nSPS) is 18.0. The van der Waals surface area contributed by atoms with Gasteiger partial charge < -0.3 is 0 Å². The second-order valence-corrected chi connectivity index (χ2v) is 6.65. The summed E-state index contributed by atoms with van der Waals surface area (Å²) in [7, 11) is 1.90. The van der Waals surface area contributed by atoms with Gasteiger partial charge in [-0.1, -0.05) is 61.3 Å². The molecule has 1 aliphatic heterocycles. The minimum absolute atomic E-state index is 0.0266. The molecule has 0 spiro atoms.